The molecular formula is C20H21BO4. The fourth-order valence-electron chi connectivity index (χ4n) is 2.94. The zero-order valence-corrected chi connectivity index (χ0v) is 14.9. The van der Waals surface area contributed by atoms with Crippen molar-refractivity contribution in [3.63, 3.8) is 0 Å². The number of rotatable bonds is 4. The van der Waals surface area contributed by atoms with Crippen LogP contribution in [-0.4, -0.2) is 23.8 Å². The lowest BCUT2D eigenvalue weighted by Crippen LogP contribution is -2.49. The average molecular weight is 336 g/mol. The Balaban J connectivity index is 1.88. The molecule has 25 heavy (non-hydrogen) atoms. The first-order valence-electron chi connectivity index (χ1n) is 8.44. The minimum atomic E-state index is -0.964. The van der Waals surface area contributed by atoms with Gasteiger partial charge in [-0.05, 0) is 51.4 Å². The second-order valence-corrected chi connectivity index (χ2v) is 7.53. The lowest BCUT2D eigenvalue weighted by atomic mass is 9.81. The third kappa shape index (κ3) is 2.55. The van der Waals surface area contributed by atoms with Gasteiger partial charge in [0.15, 0.2) is 0 Å². The Kier molecular flexibility index (Phi) is 3.50. The van der Waals surface area contributed by atoms with Gasteiger partial charge in [-0.25, -0.2) is 0 Å². The number of aliphatic hydroxyl groups is 1. The normalized spacial score (nSPS) is 13.2. The van der Waals surface area contributed by atoms with E-state index in [1.807, 2.05) is 44.2 Å². The van der Waals surface area contributed by atoms with E-state index in [1.165, 1.54) is 0 Å². The standard InChI is InChI=1S/C20H21BO4/c1-19(2,22)20(3,4)25-21-14-11-16-13(9-10-23-16)17-12-7-5-6-8-15(12)24-18(14)17/h5-11,21-22H,1-4H3. The van der Waals surface area contributed by atoms with Crippen molar-refractivity contribution in [2.24, 2.45) is 0 Å². The topological polar surface area (TPSA) is 55.7 Å². The van der Waals surface area contributed by atoms with Crippen LogP contribution in [0.3, 0.4) is 0 Å². The molecule has 4 nitrogen and oxygen atoms in total. The van der Waals surface area contributed by atoms with E-state index in [1.54, 1.807) is 20.1 Å². The summed E-state index contributed by atoms with van der Waals surface area (Å²) in [6.07, 6.45) is 1.69. The van der Waals surface area contributed by atoms with Crippen LogP contribution in [0.4, 0.5) is 0 Å². The van der Waals surface area contributed by atoms with Crippen LogP contribution in [0.2, 0.25) is 0 Å². The third-order valence-electron chi connectivity index (χ3n) is 5.22. The van der Waals surface area contributed by atoms with E-state index in [-0.39, 0.29) is 0 Å². The van der Waals surface area contributed by atoms with E-state index in [4.69, 9.17) is 13.5 Å². The summed E-state index contributed by atoms with van der Waals surface area (Å²) in [5, 5.41) is 13.5. The summed E-state index contributed by atoms with van der Waals surface area (Å²) < 4.78 is 17.8. The molecule has 1 N–H and O–H groups in total. The van der Waals surface area contributed by atoms with Gasteiger partial charge in [0, 0.05) is 16.2 Å². The zero-order chi connectivity index (χ0) is 17.8. The van der Waals surface area contributed by atoms with Crippen molar-refractivity contribution in [1.29, 1.82) is 0 Å². The van der Waals surface area contributed by atoms with Crippen LogP contribution < -0.4 is 5.46 Å². The molecule has 0 atom stereocenters. The van der Waals surface area contributed by atoms with Crippen LogP contribution >= 0.6 is 0 Å². The summed E-state index contributed by atoms with van der Waals surface area (Å²) in [7, 11) is 0.323. The summed E-state index contributed by atoms with van der Waals surface area (Å²) in [5.74, 6) is 0. The fourth-order valence-corrected chi connectivity index (χ4v) is 2.94. The second kappa shape index (κ2) is 5.38. The molecule has 0 aliphatic heterocycles. The van der Waals surface area contributed by atoms with E-state index < -0.39 is 11.2 Å². The smallest absolute Gasteiger partial charge is 0.313 e. The molecule has 2 heterocycles. The Morgan fingerprint density at radius 2 is 1.72 bits per heavy atom. The number of fused-ring (bicyclic) bond motifs is 5. The predicted octanol–water partition coefficient (Wildman–Crippen LogP) is 3.88. The van der Waals surface area contributed by atoms with E-state index in [0.29, 0.717) is 7.48 Å². The molecule has 4 aromatic rings. The van der Waals surface area contributed by atoms with Crippen molar-refractivity contribution >= 4 is 45.9 Å². The minimum Gasteiger partial charge on any atom is -0.464 e. The van der Waals surface area contributed by atoms with Gasteiger partial charge in [0.05, 0.1) is 17.5 Å². The molecule has 0 bridgehead atoms. The van der Waals surface area contributed by atoms with Gasteiger partial charge in [0.25, 0.3) is 0 Å². The molecule has 0 aliphatic carbocycles. The van der Waals surface area contributed by atoms with Crippen molar-refractivity contribution in [3.8, 4) is 0 Å². The Bertz CT molecular complexity index is 1070. The van der Waals surface area contributed by atoms with Gasteiger partial charge in [0.2, 0.25) is 0 Å². The first-order valence-corrected chi connectivity index (χ1v) is 8.44. The summed E-state index contributed by atoms with van der Waals surface area (Å²) in [4.78, 5) is 0. The van der Waals surface area contributed by atoms with Crippen LogP contribution in [0.25, 0.3) is 32.9 Å². The van der Waals surface area contributed by atoms with Gasteiger partial charge >= 0.3 is 7.48 Å². The van der Waals surface area contributed by atoms with E-state index >= 15 is 0 Å². The van der Waals surface area contributed by atoms with Crippen molar-refractivity contribution < 1.29 is 18.6 Å². The SMILES string of the molecule is CC(C)(O)C(C)(C)OBc1cc2occc2c2c1oc1ccccc12. The first-order chi connectivity index (χ1) is 11.8. The third-order valence-corrected chi connectivity index (χ3v) is 5.22. The van der Waals surface area contributed by atoms with Gasteiger partial charge in [-0.1, -0.05) is 18.2 Å². The molecule has 0 spiro atoms. The minimum absolute atomic E-state index is 0.323. The Labute approximate surface area is 146 Å². The highest BCUT2D eigenvalue weighted by Crippen LogP contribution is 2.34. The van der Waals surface area contributed by atoms with Crippen LogP contribution in [0.5, 0.6) is 0 Å². The summed E-state index contributed by atoms with van der Waals surface area (Å²) in [6, 6.07) is 11.9. The van der Waals surface area contributed by atoms with Crippen LogP contribution in [-0.2, 0) is 4.65 Å². The van der Waals surface area contributed by atoms with Crippen LogP contribution in [0.15, 0.2) is 51.5 Å². The van der Waals surface area contributed by atoms with E-state index in [2.05, 4.69) is 6.07 Å². The molecule has 0 aliphatic rings. The predicted molar refractivity (Wildman–Crippen MR) is 102 cm³/mol. The molecule has 0 saturated heterocycles. The highest BCUT2D eigenvalue weighted by Gasteiger charge is 2.36. The van der Waals surface area contributed by atoms with Crippen molar-refractivity contribution in [2.75, 3.05) is 0 Å². The average Bonchev–Trinajstić information content (AvgIpc) is 3.15. The van der Waals surface area contributed by atoms with Gasteiger partial charge in [-0.2, -0.15) is 0 Å². The van der Waals surface area contributed by atoms with Gasteiger partial charge < -0.3 is 18.6 Å². The number of furan rings is 2. The maximum absolute atomic E-state index is 10.3. The fraction of sp³-hybridized carbons (Fsp3) is 0.300. The molecule has 0 fully saturated rings. The molecule has 0 saturated carbocycles. The van der Waals surface area contributed by atoms with E-state index in [0.717, 1.165) is 38.4 Å². The quantitative estimate of drug-likeness (QED) is 0.575. The molecular weight excluding hydrogens is 315 g/mol. The molecule has 5 heteroatoms. The first kappa shape index (κ1) is 16.2. The number of para-hydroxylation sites is 1. The molecule has 4 rings (SSSR count). The molecule has 128 valence electrons. The maximum atomic E-state index is 10.3. The summed E-state index contributed by atoms with van der Waals surface area (Å²) in [5.41, 5.74) is 1.69. The lowest BCUT2D eigenvalue weighted by Gasteiger charge is -2.37. The van der Waals surface area contributed by atoms with Crippen molar-refractivity contribution in [3.05, 3.63) is 42.7 Å². The number of hydrogen-bond acceptors (Lipinski definition) is 4. The Hall–Kier alpha value is -2.24. The van der Waals surface area contributed by atoms with Gasteiger partial charge in [0.1, 0.15) is 16.7 Å². The summed E-state index contributed by atoms with van der Waals surface area (Å²) >= 11 is 0. The highest BCUT2D eigenvalue weighted by molar-refractivity contribution is 6.52. The molecule has 0 amide bonds. The van der Waals surface area contributed by atoms with E-state index in [9.17, 15) is 5.11 Å². The lowest BCUT2D eigenvalue weighted by molar-refractivity contribution is -0.0893. The molecule has 2 aromatic carbocycles. The largest absolute Gasteiger partial charge is 0.464 e. The van der Waals surface area contributed by atoms with Gasteiger partial charge in [-0.3, -0.25) is 0 Å². The zero-order valence-electron chi connectivity index (χ0n) is 14.9. The van der Waals surface area contributed by atoms with Crippen molar-refractivity contribution in [2.45, 2.75) is 38.9 Å². The Morgan fingerprint density at radius 1 is 1.00 bits per heavy atom. The maximum Gasteiger partial charge on any atom is 0.313 e. The van der Waals surface area contributed by atoms with Crippen LogP contribution in [0.1, 0.15) is 27.7 Å². The van der Waals surface area contributed by atoms with Crippen molar-refractivity contribution in [1.82, 2.24) is 0 Å². The number of hydrogen-bond donors (Lipinski definition) is 1. The Morgan fingerprint density at radius 3 is 2.48 bits per heavy atom. The highest BCUT2D eigenvalue weighted by atomic mass is 16.5. The van der Waals surface area contributed by atoms with Crippen LogP contribution in [0, 0.1) is 0 Å². The molecule has 2 aromatic heterocycles. The molecule has 0 unspecified atom stereocenters. The van der Waals surface area contributed by atoms with Gasteiger partial charge in [-0.15, -0.1) is 0 Å². The molecule has 0 radical (unpaired) electrons. The number of benzene rings is 2. The monoisotopic (exact) mass is 336 g/mol. The second-order valence-electron chi connectivity index (χ2n) is 7.53. The summed E-state index contributed by atoms with van der Waals surface area (Å²) in [6.45, 7) is 7.27.